The molecule has 0 aromatic heterocycles. The molecule has 0 aliphatic heterocycles. The quantitative estimate of drug-likeness (QED) is 0.787. The zero-order valence-electron chi connectivity index (χ0n) is 12.1. The second kappa shape index (κ2) is 6.88. The van der Waals surface area contributed by atoms with E-state index in [0.29, 0.717) is 6.61 Å². The number of carbonyl (C=O) groups excluding carboxylic acids is 1. The minimum Gasteiger partial charge on any atom is -0.464 e. The summed E-state index contributed by atoms with van der Waals surface area (Å²) in [5.41, 5.74) is 1.58. The number of nitrogens with zero attached hydrogens (tertiary/aromatic N) is 1. The number of hydrogen-bond donors (Lipinski definition) is 0. The lowest BCUT2D eigenvalue weighted by Crippen LogP contribution is -2.32. The van der Waals surface area contributed by atoms with Crippen molar-refractivity contribution >= 4 is 11.7 Å². The standard InChI is InChI=1S/C17H18FNO2/c1-3-21-17(20)16(13-7-5-4-6-8-13)19(2)15-11-9-14(18)10-12-15/h4-12,16H,3H2,1-2H3. The molecule has 2 rings (SSSR count). The predicted octanol–water partition coefficient (Wildman–Crippen LogP) is 3.57. The van der Waals surface area contributed by atoms with Crippen LogP contribution in [0.4, 0.5) is 10.1 Å². The summed E-state index contributed by atoms with van der Waals surface area (Å²) >= 11 is 0. The van der Waals surface area contributed by atoms with Crippen LogP contribution in [0.5, 0.6) is 0 Å². The number of rotatable bonds is 5. The molecule has 3 nitrogen and oxygen atoms in total. The molecule has 0 N–H and O–H groups in total. The van der Waals surface area contributed by atoms with E-state index in [2.05, 4.69) is 0 Å². The van der Waals surface area contributed by atoms with Crippen LogP contribution >= 0.6 is 0 Å². The maximum Gasteiger partial charge on any atom is 0.333 e. The van der Waals surface area contributed by atoms with Gasteiger partial charge in [-0.3, -0.25) is 0 Å². The van der Waals surface area contributed by atoms with Crippen LogP contribution < -0.4 is 4.90 Å². The van der Waals surface area contributed by atoms with Crippen molar-refractivity contribution in [2.75, 3.05) is 18.6 Å². The smallest absolute Gasteiger partial charge is 0.333 e. The fourth-order valence-electron chi connectivity index (χ4n) is 2.20. The van der Waals surface area contributed by atoms with Gasteiger partial charge < -0.3 is 9.64 Å². The largest absolute Gasteiger partial charge is 0.464 e. The van der Waals surface area contributed by atoms with Crippen molar-refractivity contribution in [1.29, 1.82) is 0 Å². The number of anilines is 1. The first kappa shape index (κ1) is 15.0. The lowest BCUT2D eigenvalue weighted by atomic mass is 10.1. The van der Waals surface area contributed by atoms with Gasteiger partial charge in [-0.15, -0.1) is 0 Å². The van der Waals surface area contributed by atoms with Crippen molar-refractivity contribution in [3.8, 4) is 0 Å². The molecule has 2 aromatic carbocycles. The normalized spacial score (nSPS) is 11.8. The third-order valence-electron chi connectivity index (χ3n) is 3.25. The molecule has 0 aliphatic carbocycles. The Labute approximate surface area is 124 Å². The molecule has 0 bridgehead atoms. The summed E-state index contributed by atoms with van der Waals surface area (Å²) in [6.45, 7) is 2.09. The highest BCUT2D eigenvalue weighted by molar-refractivity contribution is 5.81. The summed E-state index contributed by atoms with van der Waals surface area (Å²) in [6.07, 6.45) is 0. The first-order chi connectivity index (χ1) is 10.1. The van der Waals surface area contributed by atoms with E-state index < -0.39 is 6.04 Å². The van der Waals surface area contributed by atoms with E-state index in [1.54, 1.807) is 31.0 Å². The van der Waals surface area contributed by atoms with Gasteiger partial charge in [0.25, 0.3) is 0 Å². The number of halogens is 1. The summed E-state index contributed by atoms with van der Waals surface area (Å²) in [5.74, 6) is -0.630. The Morgan fingerprint density at radius 1 is 1.14 bits per heavy atom. The van der Waals surface area contributed by atoms with Crippen molar-refractivity contribution in [3.63, 3.8) is 0 Å². The van der Waals surface area contributed by atoms with E-state index in [-0.39, 0.29) is 11.8 Å². The highest BCUT2D eigenvalue weighted by Crippen LogP contribution is 2.27. The van der Waals surface area contributed by atoms with Crippen LogP contribution in [0.3, 0.4) is 0 Å². The maximum atomic E-state index is 13.0. The summed E-state index contributed by atoms with van der Waals surface area (Å²) in [4.78, 5) is 14.1. The van der Waals surface area contributed by atoms with Gasteiger partial charge in [-0.2, -0.15) is 0 Å². The van der Waals surface area contributed by atoms with E-state index in [9.17, 15) is 9.18 Å². The maximum absolute atomic E-state index is 13.0. The monoisotopic (exact) mass is 287 g/mol. The molecule has 1 unspecified atom stereocenters. The Bertz CT molecular complexity index is 583. The van der Waals surface area contributed by atoms with Gasteiger partial charge in [0.05, 0.1) is 6.61 Å². The van der Waals surface area contributed by atoms with Crippen molar-refractivity contribution in [1.82, 2.24) is 0 Å². The van der Waals surface area contributed by atoms with Gasteiger partial charge in [0.2, 0.25) is 0 Å². The van der Waals surface area contributed by atoms with Gasteiger partial charge in [-0.25, -0.2) is 9.18 Å². The number of esters is 1. The van der Waals surface area contributed by atoms with Gasteiger partial charge in [0, 0.05) is 12.7 Å². The summed E-state index contributed by atoms with van der Waals surface area (Å²) in [7, 11) is 1.79. The number of benzene rings is 2. The van der Waals surface area contributed by atoms with E-state index in [0.717, 1.165) is 11.3 Å². The van der Waals surface area contributed by atoms with E-state index in [1.807, 2.05) is 30.3 Å². The predicted molar refractivity (Wildman–Crippen MR) is 80.6 cm³/mol. The molecule has 0 spiro atoms. The zero-order valence-corrected chi connectivity index (χ0v) is 12.1. The third kappa shape index (κ3) is 3.60. The van der Waals surface area contributed by atoms with Gasteiger partial charge in [-0.05, 0) is 36.8 Å². The molecule has 0 heterocycles. The Hall–Kier alpha value is -2.36. The van der Waals surface area contributed by atoms with Crippen LogP contribution in [0.2, 0.25) is 0 Å². The van der Waals surface area contributed by atoms with Crippen LogP contribution in [0.15, 0.2) is 54.6 Å². The van der Waals surface area contributed by atoms with E-state index in [4.69, 9.17) is 4.74 Å². The van der Waals surface area contributed by atoms with Gasteiger partial charge in [0.15, 0.2) is 6.04 Å². The Morgan fingerprint density at radius 2 is 1.76 bits per heavy atom. The average Bonchev–Trinajstić information content (AvgIpc) is 2.49. The highest BCUT2D eigenvalue weighted by atomic mass is 19.1. The van der Waals surface area contributed by atoms with Crippen molar-refractivity contribution in [2.45, 2.75) is 13.0 Å². The Kier molecular flexibility index (Phi) is 4.93. The Balaban J connectivity index is 2.35. The molecule has 0 amide bonds. The van der Waals surface area contributed by atoms with Crippen LogP contribution in [0, 0.1) is 5.82 Å². The summed E-state index contributed by atoms with van der Waals surface area (Å²) in [5, 5.41) is 0. The van der Waals surface area contributed by atoms with Crippen LogP contribution in [0.25, 0.3) is 0 Å². The first-order valence-corrected chi connectivity index (χ1v) is 6.83. The molecule has 0 radical (unpaired) electrons. The topological polar surface area (TPSA) is 29.5 Å². The summed E-state index contributed by atoms with van der Waals surface area (Å²) < 4.78 is 18.2. The molecular weight excluding hydrogens is 269 g/mol. The summed E-state index contributed by atoms with van der Waals surface area (Å²) in [6, 6.07) is 14.9. The van der Waals surface area contributed by atoms with Crippen LogP contribution in [0.1, 0.15) is 18.5 Å². The lowest BCUT2D eigenvalue weighted by Gasteiger charge is -2.28. The SMILES string of the molecule is CCOC(=O)C(c1ccccc1)N(C)c1ccc(F)cc1. The molecule has 0 fully saturated rings. The Morgan fingerprint density at radius 3 is 2.33 bits per heavy atom. The molecule has 110 valence electrons. The molecule has 4 heteroatoms. The second-order valence-corrected chi connectivity index (χ2v) is 4.65. The van der Waals surface area contributed by atoms with Gasteiger partial charge in [0.1, 0.15) is 5.82 Å². The number of likely N-dealkylation sites (N-methyl/N-ethyl adjacent to an activating group) is 1. The van der Waals surface area contributed by atoms with Crippen molar-refractivity contribution in [2.24, 2.45) is 0 Å². The minimum atomic E-state index is -0.559. The third-order valence-corrected chi connectivity index (χ3v) is 3.25. The van der Waals surface area contributed by atoms with Gasteiger partial charge in [-0.1, -0.05) is 30.3 Å². The molecule has 2 aromatic rings. The molecule has 0 aliphatic rings. The fraction of sp³-hybridized carbons (Fsp3) is 0.235. The minimum absolute atomic E-state index is 0.306. The molecule has 1 atom stereocenters. The van der Waals surface area contributed by atoms with Gasteiger partial charge >= 0.3 is 5.97 Å². The second-order valence-electron chi connectivity index (χ2n) is 4.65. The number of hydrogen-bond acceptors (Lipinski definition) is 3. The molecular formula is C17H18FNO2. The average molecular weight is 287 g/mol. The zero-order chi connectivity index (χ0) is 15.2. The molecule has 0 saturated heterocycles. The molecule has 21 heavy (non-hydrogen) atoms. The highest BCUT2D eigenvalue weighted by Gasteiger charge is 2.26. The number of carbonyl (C=O) groups is 1. The van der Waals surface area contributed by atoms with E-state index >= 15 is 0 Å². The number of ether oxygens (including phenoxy) is 1. The first-order valence-electron chi connectivity index (χ1n) is 6.83. The van der Waals surface area contributed by atoms with Crippen LogP contribution in [-0.2, 0) is 9.53 Å². The van der Waals surface area contributed by atoms with Crippen molar-refractivity contribution in [3.05, 3.63) is 66.0 Å². The van der Waals surface area contributed by atoms with Crippen LogP contribution in [-0.4, -0.2) is 19.6 Å². The lowest BCUT2D eigenvalue weighted by molar-refractivity contribution is -0.144. The molecule has 0 saturated carbocycles. The van der Waals surface area contributed by atoms with Crippen molar-refractivity contribution < 1.29 is 13.9 Å². The fourth-order valence-corrected chi connectivity index (χ4v) is 2.20. The van der Waals surface area contributed by atoms with E-state index in [1.165, 1.54) is 12.1 Å².